The number of nitrogens with one attached hydrogen (secondary N) is 1. The first-order valence-electron chi connectivity index (χ1n) is 6.33. The number of hydrogen-bond acceptors (Lipinski definition) is 4. The molecule has 0 radical (unpaired) electrons. The van der Waals surface area contributed by atoms with E-state index in [1.54, 1.807) is 12.1 Å². The highest BCUT2D eigenvalue weighted by molar-refractivity contribution is 7.16. The van der Waals surface area contributed by atoms with Gasteiger partial charge in [0.25, 0.3) is 0 Å². The van der Waals surface area contributed by atoms with E-state index in [1.165, 1.54) is 11.3 Å². The molecule has 19 heavy (non-hydrogen) atoms. The minimum Gasteiger partial charge on any atom is -0.386 e. The van der Waals surface area contributed by atoms with Gasteiger partial charge < -0.3 is 10.4 Å². The van der Waals surface area contributed by atoms with E-state index in [0.29, 0.717) is 4.34 Å². The van der Waals surface area contributed by atoms with Crippen molar-refractivity contribution in [1.82, 2.24) is 10.2 Å². The van der Waals surface area contributed by atoms with Crippen molar-refractivity contribution in [1.29, 1.82) is 0 Å². The Morgan fingerprint density at radius 3 is 2.68 bits per heavy atom. The molecular formula is C13H21ClN2O2S. The molecule has 108 valence electrons. The predicted molar refractivity (Wildman–Crippen MR) is 79.7 cm³/mol. The maximum atomic E-state index is 12.0. The molecule has 0 aliphatic rings. The van der Waals surface area contributed by atoms with Crippen molar-refractivity contribution in [2.45, 2.75) is 31.9 Å². The highest BCUT2D eigenvalue weighted by atomic mass is 35.5. The topological polar surface area (TPSA) is 52.6 Å². The Bertz CT molecular complexity index is 409. The molecule has 0 fully saturated rings. The number of aliphatic hydroxyl groups excluding tert-OH is 1. The number of rotatable bonds is 7. The lowest BCUT2D eigenvalue weighted by Crippen LogP contribution is -2.44. The zero-order valence-corrected chi connectivity index (χ0v) is 13.1. The minimum atomic E-state index is -0.703. The number of likely N-dealkylation sites (N-methyl/N-ethyl adjacent to an activating group) is 1. The number of aliphatic hydroxyl groups is 1. The van der Waals surface area contributed by atoms with E-state index in [9.17, 15) is 9.90 Å². The van der Waals surface area contributed by atoms with Crippen LogP contribution in [0.25, 0.3) is 0 Å². The summed E-state index contributed by atoms with van der Waals surface area (Å²) < 4.78 is 0.637. The molecule has 0 aliphatic heterocycles. The Morgan fingerprint density at radius 1 is 1.53 bits per heavy atom. The lowest BCUT2D eigenvalue weighted by molar-refractivity contribution is -0.126. The summed E-state index contributed by atoms with van der Waals surface area (Å²) in [6.07, 6.45) is 1.05. The molecule has 1 aromatic rings. The van der Waals surface area contributed by atoms with Crippen LogP contribution in [0.1, 0.15) is 30.7 Å². The van der Waals surface area contributed by atoms with Crippen LogP contribution in [0, 0.1) is 0 Å². The van der Waals surface area contributed by atoms with Crippen LogP contribution in [-0.4, -0.2) is 42.6 Å². The van der Waals surface area contributed by atoms with E-state index in [1.807, 2.05) is 25.9 Å². The quantitative estimate of drug-likeness (QED) is 0.812. The fourth-order valence-electron chi connectivity index (χ4n) is 1.82. The van der Waals surface area contributed by atoms with Crippen LogP contribution in [0.5, 0.6) is 0 Å². The molecule has 1 amide bonds. The molecule has 2 unspecified atom stereocenters. The monoisotopic (exact) mass is 304 g/mol. The third-order valence-corrected chi connectivity index (χ3v) is 4.21. The largest absolute Gasteiger partial charge is 0.386 e. The minimum absolute atomic E-state index is 0.0476. The highest BCUT2D eigenvalue weighted by Crippen LogP contribution is 2.26. The van der Waals surface area contributed by atoms with Gasteiger partial charge in [0.1, 0.15) is 6.10 Å². The number of carbonyl (C=O) groups excluding carboxylic acids is 1. The maximum absolute atomic E-state index is 12.0. The van der Waals surface area contributed by atoms with Crippen LogP contribution in [0.3, 0.4) is 0 Å². The second kappa shape index (κ2) is 7.85. The van der Waals surface area contributed by atoms with Gasteiger partial charge >= 0.3 is 0 Å². The van der Waals surface area contributed by atoms with Crippen molar-refractivity contribution in [3.63, 3.8) is 0 Å². The first kappa shape index (κ1) is 16.4. The zero-order chi connectivity index (χ0) is 14.4. The molecule has 4 nitrogen and oxygen atoms in total. The van der Waals surface area contributed by atoms with Gasteiger partial charge in [-0.25, -0.2) is 0 Å². The van der Waals surface area contributed by atoms with Gasteiger partial charge in [-0.1, -0.05) is 24.9 Å². The summed E-state index contributed by atoms with van der Waals surface area (Å²) in [5.74, 6) is -0.0476. The summed E-state index contributed by atoms with van der Waals surface area (Å²) in [6.45, 7) is 2.26. The normalized spacial score (nSPS) is 14.4. The average Bonchev–Trinajstić information content (AvgIpc) is 2.79. The van der Waals surface area contributed by atoms with E-state index in [-0.39, 0.29) is 18.5 Å². The fraction of sp³-hybridized carbons (Fsp3) is 0.615. The summed E-state index contributed by atoms with van der Waals surface area (Å²) in [5.41, 5.74) is 0. The number of nitrogens with zero attached hydrogens (tertiary/aromatic N) is 1. The van der Waals surface area contributed by atoms with Crippen LogP contribution in [0.15, 0.2) is 12.1 Å². The van der Waals surface area contributed by atoms with Gasteiger partial charge in [-0.05, 0) is 32.6 Å². The van der Waals surface area contributed by atoms with E-state index >= 15 is 0 Å². The van der Waals surface area contributed by atoms with Crippen molar-refractivity contribution < 1.29 is 9.90 Å². The third-order valence-electron chi connectivity index (χ3n) is 2.88. The molecule has 0 spiro atoms. The molecule has 2 N–H and O–H groups in total. The van der Waals surface area contributed by atoms with Gasteiger partial charge in [0.15, 0.2) is 0 Å². The van der Waals surface area contributed by atoms with Crippen molar-refractivity contribution in [2.24, 2.45) is 0 Å². The zero-order valence-electron chi connectivity index (χ0n) is 11.5. The summed E-state index contributed by atoms with van der Waals surface area (Å²) in [6, 6.07) is 3.37. The van der Waals surface area contributed by atoms with Gasteiger partial charge in [-0.15, -0.1) is 11.3 Å². The van der Waals surface area contributed by atoms with Gasteiger partial charge in [0.05, 0.1) is 10.4 Å². The first-order valence-corrected chi connectivity index (χ1v) is 7.52. The summed E-state index contributed by atoms with van der Waals surface area (Å²) in [7, 11) is 3.77. The van der Waals surface area contributed by atoms with Gasteiger partial charge in [0, 0.05) is 11.4 Å². The molecule has 1 aromatic heterocycles. The van der Waals surface area contributed by atoms with Crippen molar-refractivity contribution >= 4 is 28.8 Å². The van der Waals surface area contributed by atoms with Crippen LogP contribution in [0.4, 0.5) is 0 Å². The number of carbonyl (C=O) groups is 1. The van der Waals surface area contributed by atoms with Crippen LogP contribution >= 0.6 is 22.9 Å². The molecule has 0 saturated heterocycles. The Balaban J connectivity index is 2.48. The maximum Gasteiger partial charge on any atom is 0.237 e. The molecule has 0 saturated carbocycles. The fourth-order valence-corrected chi connectivity index (χ4v) is 2.87. The second-order valence-electron chi connectivity index (χ2n) is 4.67. The molecule has 0 aliphatic carbocycles. The van der Waals surface area contributed by atoms with E-state index in [0.717, 1.165) is 17.7 Å². The Hall–Kier alpha value is -0.620. The van der Waals surface area contributed by atoms with Gasteiger partial charge in [0.2, 0.25) is 5.91 Å². The Labute approximate surface area is 123 Å². The standard InChI is InChI=1S/C13H21ClN2O2S/c1-4-5-9(16(2)3)13(18)15-8-10(17)11-6-7-12(14)19-11/h6-7,9-10,17H,4-5,8H2,1-3H3,(H,15,18). The predicted octanol–water partition coefficient (Wildman–Crippen LogP) is 2.28. The molecule has 2 atom stereocenters. The van der Waals surface area contributed by atoms with Gasteiger partial charge in [-0.2, -0.15) is 0 Å². The molecular weight excluding hydrogens is 284 g/mol. The SMILES string of the molecule is CCCC(C(=O)NCC(O)c1ccc(Cl)s1)N(C)C. The smallest absolute Gasteiger partial charge is 0.237 e. The Morgan fingerprint density at radius 2 is 2.21 bits per heavy atom. The molecule has 1 heterocycles. The third kappa shape index (κ3) is 5.10. The first-order chi connectivity index (χ1) is 8.95. The number of hydrogen-bond donors (Lipinski definition) is 2. The lowest BCUT2D eigenvalue weighted by atomic mass is 10.1. The van der Waals surface area contributed by atoms with E-state index < -0.39 is 6.10 Å². The van der Waals surface area contributed by atoms with Crippen LogP contribution < -0.4 is 5.32 Å². The van der Waals surface area contributed by atoms with Crippen LogP contribution in [-0.2, 0) is 4.79 Å². The number of amides is 1. The summed E-state index contributed by atoms with van der Waals surface area (Å²) in [4.78, 5) is 14.7. The molecule has 6 heteroatoms. The van der Waals surface area contributed by atoms with Gasteiger partial charge in [-0.3, -0.25) is 9.69 Å². The molecule has 0 aromatic carbocycles. The van der Waals surface area contributed by atoms with E-state index in [2.05, 4.69) is 5.32 Å². The number of halogens is 1. The Kier molecular flexibility index (Phi) is 6.79. The number of thiophene rings is 1. The van der Waals surface area contributed by atoms with Crippen molar-refractivity contribution in [3.8, 4) is 0 Å². The highest BCUT2D eigenvalue weighted by Gasteiger charge is 2.20. The van der Waals surface area contributed by atoms with Crippen LogP contribution in [0.2, 0.25) is 4.34 Å². The van der Waals surface area contributed by atoms with Crippen molar-refractivity contribution in [3.05, 3.63) is 21.3 Å². The molecule has 1 rings (SSSR count). The van der Waals surface area contributed by atoms with Crippen molar-refractivity contribution in [2.75, 3.05) is 20.6 Å². The average molecular weight is 305 g/mol. The lowest BCUT2D eigenvalue weighted by Gasteiger charge is -2.23. The summed E-state index contributed by atoms with van der Waals surface area (Å²) >= 11 is 7.14. The second-order valence-corrected chi connectivity index (χ2v) is 6.42. The summed E-state index contributed by atoms with van der Waals surface area (Å²) in [5, 5.41) is 12.7. The molecule has 0 bridgehead atoms. The van der Waals surface area contributed by atoms with E-state index in [4.69, 9.17) is 11.6 Å².